The van der Waals surface area contributed by atoms with Crippen molar-refractivity contribution in [2.45, 2.75) is 6.42 Å². The lowest BCUT2D eigenvalue weighted by atomic mass is 9.95. The molecule has 0 saturated heterocycles. The molecule has 2 aromatic heterocycles. The third-order valence-corrected chi connectivity index (χ3v) is 7.21. The molecule has 0 atom stereocenters. The number of fused-ring (bicyclic) bond motifs is 1. The summed E-state index contributed by atoms with van der Waals surface area (Å²) >= 11 is 6.54. The SMILES string of the molecule is Cn1ccn(-c2ccc(-c3cc(F)cc(-c4cc(N5CCC=C(N)C5)c5cn[nH]c5c4)c3O)cc2Cl)c1=O. The summed E-state index contributed by atoms with van der Waals surface area (Å²) in [6.45, 7) is 1.35. The predicted octanol–water partition coefficient (Wildman–Crippen LogP) is 4.94. The number of aromatic nitrogens is 4. The zero-order valence-corrected chi connectivity index (χ0v) is 21.2. The molecule has 0 radical (unpaired) electrons. The standard InChI is InChI=1S/C28H24ClFN6O2/c1-34-7-8-36(28(34)38)25-5-4-16(9-23(25)29)20-12-18(30)13-21(27(20)37)17-10-24-22(14-32-33-24)26(11-17)35-6-2-3-19(31)15-35/h3-5,7-14,37H,2,6,15,31H2,1H3,(H,32,33). The number of imidazole rings is 1. The van der Waals surface area contributed by atoms with Gasteiger partial charge in [-0.1, -0.05) is 23.7 Å². The number of phenols is 1. The molecule has 0 spiro atoms. The van der Waals surface area contributed by atoms with E-state index in [0.717, 1.165) is 35.3 Å². The van der Waals surface area contributed by atoms with Crippen LogP contribution in [0.3, 0.4) is 0 Å². The normalized spacial score (nSPS) is 13.8. The quantitative estimate of drug-likeness (QED) is 0.305. The van der Waals surface area contributed by atoms with Gasteiger partial charge in [-0.3, -0.25) is 9.67 Å². The summed E-state index contributed by atoms with van der Waals surface area (Å²) in [5.41, 5.74) is 10.5. The summed E-state index contributed by atoms with van der Waals surface area (Å²) in [5, 5.41) is 19.8. The molecule has 0 bridgehead atoms. The molecule has 3 aromatic carbocycles. The summed E-state index contributed by atoms with van der Waals surface area (Å²) in [7, 11) is 1.65. The van der Waals surface area contributed by atoms with E-state index in [1.54, 1.807) is 43.8 Å². The Hall–Kier alpha value is -4.50. The minimum absolute atomic E-state index is 0.0880. The Morgan fingerprint density at radius 3 is 2.58 bits per heavy atom. The van der Waals surface area contributed by atoms with E-state index in [2.05, 4.69) is 15.1 Å². The van der Waals surface area contributed by atoms with Crippen LogP contribution >= 0.6 is 11.6 Å². The van der Waals surface area contributed by atoms with E-state index in [4.69, 9.17) is 17.3 Å². The van der Waals surface area contributed by atoms with E-state index in [1.807, 2.05) is 18.2 Å². The Bertz CT molecular complexity index is 1800. The number of rotatable bonds is 4. The summed E-state index contributed by atoms with van der Waals surface area (Å²) < 4.78 is 17.9. The summed E-state index contributed by atoms with van der Waals surface area (Å²) in [6.07, 6.45) is 7.84. The predicted molar refractivity (Wildman–Crippen MR) is 147 cm³/mol. The van der Waals surface area contributed by atoms with Gasteiger partial charge in [-0.25, -0.2) is 9.18 Å². The lowest BCUT2D eigenvalue weighted by Crippen LogP contribution is -2.32. The second-order valence-corrected chi connectivity index (χ2v) is 9.80. The topological polar surface area (TPSA) is 105 Å². The minimum atomic E-state index is -0.510. The Morgan fingerprint density at radius 1 is 1.08 bits per heavy atom. The highest BCUT2D eigenvalue weighted by molar-refractivity contribution is 6.32. The first kappa shape index (κ1) is 23.9. The van der Waals surface area contributed by atoms with Crippen molar-refractivity contribution in [3.05, 3.63) is 94.2 Å². The fraction of sp³-hybridized carbons (Fsp3) is 0.143. The number of hydrogen-bond acceptors (Lipinski definition) is 5. The maximum Gasteiger partial charge on any atom is 0.332 e. The highest BCUT2D eigenvalue weighted by atomic mass is 35.5. The average Bonchev–Trinajstić information content (AvgIpc) is 3.51. The molecule has 8 nitrogen and oxygen atoms in total. The molecule has 0 aliphatic carbocycles. The minimum Gasteiger partial charge on any atom is -0.507 e. The van der Waals surface area contributed by atoms with E-state index in [1.165, 1.54) is 21.3 Å². The van der Waals surface area contributed by atoms with Gasteiger partial charge in [-0.15, -0.1) is 0 Å². The van der Waals surface area contributed by atoms with Crippen molar-refractivity contribution < 1.29 is 9.50 Å². The van der Waals surface area contributed by atoms with Crippen molar-refractivity contribution in [2.24, 2.45) is 12.8 Å². The smallest absolute Gasteiger partial charge is 0.332 e. The number of aryl methyl sites for hydroxylation is 1. The van der Waals surface area contributed by atoms with Crippen LogP contribution in [0.25, 0.3) is 38.8 Å². The molecule has 1 aliphatic heterocycles. The molecule has 6 rings (SSSR count). The van der Waals surface area contributed by atoms with Crippen LogP contribution < -0.4 is 16.3 Å². The van der Waals surface area contributed by atoms with Crippen LogP contribution in [-0.4, -0.2) is 37.5 Å². The fourth-order valence-electron chi connectivity index (χ4n) is 4.98. The zero-order chi connectivity index (χ0) is 26.6. The number of nitrogens with one attached hydrogen (secondary N) is 1. The molecule has 0 unspecified atom stereocenters. The lowest BCUT2D eigenvalue weighted by molar-refractivity contribution is 0.477. The Labute approximate surface area is 222 Å². The summed E-state index contributed by atoms with van der Waals surface area (Å²) in [5.74, 6) is -0.598. The zero-order valence-electron chi connectivity index (χ0n) is 20.4. The average molecular weight is 531 g/mol. The summed E-state index contributed by atoms with van der Waals surface area (Å²) in [6, 6.07) is 11.3. The van der Waals surface area contributed by atoms with E-state index in [-0.39, 0.29) is 22.0 Å². The second-order valence-electron chi connectivity index (χ2n) is 9.39. The van der Waals surface area contributed by atoms with Crippen LogP contribution in [0.4, 0.5) is 10.1 Å². The van der Waals surface area contributed by atoms with Crippen LogP contribution in [0, 0.1) is 5.82 Å². The van der Waals surface area contributed by atoms with Crippen molar-refractivity contribution in [2.75, 3.05) is 18.0 Å². The monoisotopic (exact) mass is 530 g/mol. The van der Waals surface area contributed by atoms with E-state index in [0.29, 0.717) is 28.9 Å². The second kappa shape index (κ2) is 9.11. The molecular formula is C28H24ClFN6O2. The molecule has 38 heavy (non-hydrogen) atoms. The molecule has 4 N–H and O–H groups in total. The molecule has 0 saturated carbocycles. The first-order valence-corrected chi connectivity index (χ1v) is 12.4. The van der Waals surface area contributed by atoms with Gasteiger partial charge in [0, 0.05) is 53.9 Å². The number of phenolic OH excluding ortho intramolecular Hbond substituents is 1. The highest BCUT2D eigenvalue weighted by Crippen LogP contribution is 2.42. The van der Waals surface area contributed by atoms with E-state index >= 15 is 0 Å². The first-order chi connectivity index (χ1) is 18.3. The van der Waals surface area contributed by atoms with Gasteiger partial charge < -0.3 is 20.3 Å². The van der Waals surface area contributed by atoms with Crippen LogP contribution in [0.15, 0.2) is 77.6 Å². The Morgan fingerprint density at radius 2 is 1.87 bits per heavy atom. The van der Waals surface area contributed by atoms with Gasteiger partial charge in [-0.2, -0.15) is 5.10 Å². The molecule has 0 amide bonds. The molecule has 1 aliphatic rings. The Balaban J connectivity index is 1.46. The molecule has 0 fully saturated rings. The molecule has 5 aromatic rings. The molecular weight excluding hydrogens is 507 g/mol. The van der Waals surface area contributed by atoms with E-state index < -0.39 is 5.82 Å². The number of H-pyrrole nitrogens is 1. The van der Waals surface area contributed by atoms with Gasteiger partial charge >= 0.3 is 5.69 Å². The van der Waals surface area contributed by atoms with Gasteiger partial charge in [0.2, 0.25) is 0 Å². The van der Waals surface area contributed by atoms with Crippen LogP contribution in [-0.2, 0) is 7.05 Å². The fourth-order valence-corrected chi connectivity index (χ4v) is 5.25. The Kier molecular flexibility index (Phi) is 5.72. The van der Waals surface area contributed by atoms with Gasteiger partial charge in [0.15, 0.2) is 0 Å². The van der Waals surface area contributed by atoms with Crippen LogP contribution in [0.5, 0.6) is 5.75 Å². The third-order valence-electron chi connectivity index (χ3n) is 6.91. The van der Waals surface area contributed by atoms with E-state index in [9.17, 15) is 14.3 Å². The van der Waals surface area contributed by atoms with Gasteiger partial charge in [0.1, 0.15) is 11.6 Å². The number of halogens is 2. The number of hydrogen-bond donors (Lipinski definition) is 3. The maximum atomic E-state index is 15.0. The number of aromatic hydroxyl groups is 1. The number of nitrogens with two attached hydrogens (primary N) is 1. The first-order valence-electron chi connectivity index (χ1n) is 12.0. The highest BCUT2D eigenvalue weighted by Gasteiger charge is 2.20. The number of aromatic amines is 1. The lowest BCUT2D eigenvalue weighted by Gasteiger charge is -2.29. The van der Waals surface area contributed by atoms with Crippen LogP contribution in [0.2, 0.25) is 5.02 Å². The van der Waals surface area contributed by atoms with Crippen molar-refractivity contribution in [1.82, 2.24) is 19.3 Å². The number of anilines is 1. The molecule has 10 heteroatoms. The van der Waals surface area contributed by atoms with Crippen molar-refractivity contribution >= 4 is 28.2 Å². The van der Waals surface area contributed by atoms with Crippen LogP contribution in [0.1, 0.15) is 6.42 Å². The number of nitrogens with zero attached hydrogens (tertiary/aromatic N) is 4. The van der Waals surface area contributed by atoms with Gasteiger partial charge in [0.25, 0.3) is 0 Å². The van der Waals surface area contributed by atoms with Crippen molar-refractivity contribution in [1.29, 1.82) is 0 Å². The van der Waals surface area contributed by atoms with Crippen molar-refractivity contribution in [3.63, 3.8) is 0 Å². The maximum absolute atomic E-state index is 15.0. The molecule has 192 valence electrons. The molecule has 3 heterocycles. The third kappa shape index (κ3) is 4.01. The number of benzene rings is 3. The van der Waals surface area contributed by atoms with Gasteiger partial charge in [-0.05, 0) is 53.9 Å². The largest absolute Gasteiger partial charge is 0.507 e. The van der Waals surface area contributed by atoms with Crippen molar-refractivity contribution in [3.8, 4) is 33.7 Å². The summed E-state index contributed by atoms with van der Waals surface area (Å²) in [4.78, 5) is 14.5. The van der Waals surface area contributed by atoms with Gasteiger partial charge in [0.05, 0.1) is 29.0 Å².